The van der Waals surface area contributed by atoms with Gasteiger partial charge >= 0.3 is 0 Å². The molecule has 170 valence electrons. The van der Waals surface area contributed by atoms with E-state index in [1.807, 2.05) is 45.0 Å². The minimum Gasteiger partial charge on any atom is -0.491 e. The second-order valence-electron chi connectivity index (χ2n) is 8.14. The van der Waals surface area contributed by atoms with E-state index < -0.39 is 6.10 Å². The molecule has 31 heavy (non-hydrogen) atoms. The lowest BCUT2D eigenvalue weighted by atomic mass is 10.1. The molecule has 0 bridgehead atoms. The zero-order valence-corrected chi connectivity index (χ0v) is 19.0. The molecule has 0 saturated carbocycles. The molecule has 1 aliphatic rings. The van der Waals surface area contributed by atoms with Crippen LogP contribution in [0.2, 0.25) is 0 Å². The van der Waals surface area contributed by atoms with E-state index in [0.29, 0.717) is 12.5 Å². The first-order valence-electron chi connectivity index (χ1n) is 11.4. The standard InChI is InChI=1S/C23H36N6O2/c1-4-24-23(25-14-13-22-28-27-21-8-6-5-7-15-29(21)22)26-16-20(30)18-9-11-19(12-10-18)31-17(2)3/h9-12,17,20,30H,4-8,13-16H2,1-3H3,(H2,24,25,26). The van der Waals surface area contributed by atoms with Crippen LogP contribution in [0.15, 0.2) is 29.3 Å². The van der Waals surface area contributed by atoms with Crippen LogP contribution < -0.4 is 15.4 Å². The van der Waals surface area contributed by atoms with Gasteiger partial charge in [0.15, 0.2) is 5.96 Å². The van der Waals surface area contributed by atoms with Crippen LogP contribution in [0.4, 0.5) is 0 Å². The second kappa shape index (κ2) is 11.7. The summed E-state index contributed by atoms with van der Waals surface area (Å²) in [6.07, 6.45) is 4.91. The number of hydrogen-bond acceptors (Lipinski definition) is 5. The summed E-state index contributed by atoms with van der Waals surface area (Å²) in [5, 5.41) is 25.8. The molecule has 0 fully saturated rings. The van der Waals surface area contributed by atoms with Crippen LogP contribution in [0, 0.1) is 0 Å². The Morgan fingerprint density at radius 1 is 1.16 bits per heavy atom. The topological polar surface area (TPSA) is 96.6 Å². The maximum atomic E-state index is 10.5. The maximum absolute atomic E-state index is 10.5. The van der Waals surface area contributed by atoms with E-state index in [1.54, 1.807) is 0 Å². The number of guanidine groups is 1. The van der Waals surface area contributed by atoms with Crippen molar-refractivity contribution < 1.29 is 9.84 Å². The largest absolute Gasteiger partial charge is 0.491 e. The quantitative estimate of drug-likeness (QED) is 0.420. The van der Waals surface area contributed by atoms with Gasteiger partial charge in [-0.1, -0.05) is 18.6 Å². The molecule has 8 heteroatoms. The van der Waals surface area contributed by atoms with Gasteiger partial charge in [0.2, 0.25) is 0 Å². The van der Waals surface area contributed by atoms with Gasteiger partial charge < -0.3 is 25.0 Å². The number of aliphatic imine (C=N–C) groups is 1. The normalized spacial score (nSPS) is 15.3. The van der Waals surface area contributed by atoms with Gasteiger partial charge in [0.05, 0.1) is 18.8 Å². The molecule has 0 radical (unpaired) electrons. The van der Waals surface area contributed by atoms with E-state index in [-0.39, 0.29) is 12.6 Å². The molecule has 2 heterocycles. The third-order valence-electron chi connectivity index (χ3n) is 5.23. The summed E-state index contributed by atoms with van der Waals surface area (Å²) in [4.78, 5) is 4.55. The van der Waals surface area contributed by atoms with Crippen LogP contribution in [0.3, 0.4) is 0 Å². The molecule has 0 amide bonds. The first-order valence-corrected chi connectivity index (χ1v) is 11.4. The predicted octanol–water partition coefficient (Wildman–Crippen LogP) is 2.62. The van der Waals surface area contributed by atoms with Crippen molar-refractivity contribution in [2.24, 2.45) is 4.99 Å². The number of nitrogens with one attached hydrogen (secondary N) is 2. The molecule has 1 atom stereocenters. The van der Waals surface area contributed by atoms with Crippen LogP contribution in [-0.2, 0) is 19.4 Å². The minimum atomic E-state index is -0.671. The fourth-order valence-electron chi connectivity index (χ4n) is 3.69. The highest BCUT2D eigenvalue weighted by atomic mass is 16.5. The van der Waals surface area contributed by atoms with Crippen molar-refractivity contribution in [1.29, 1.82) is 0 Å². The van der Waals surface area contributed by atoms with E-state index in [9.17, 15) is 5.11 Å². The Morgan fingerprint density at radius 3 is 2.71 bits per heavy atom. The molecule has 3 rings (SSSR count). The highest BCUT2D eigenvalue weighted by molar-refractivity contribution is 5.79. The number of aliphatic hydroxyl groups is 1. The third kappa shape index (κ3) is 6.95. The van der Waals surface area contributed by atoms with E-state index in [4.69, 9.17) is 4.74 Å². The lowest BCUT2D eigenvalue weighted by Crippen LogP contribution is -2.38. The lowest BCUT2D eigenvalue weighted by Gasteiger charge is -2.14. The molecule has 1 aromatic heterocycles. The predicted molar refractivity (Wildman–Crippen MR) is 122 cm³/mol. The molecular formula is C23H36N6O2. The molecule has 1 aliphatic heterocycles. The zero-order chi connectivity index (χ0) is 22.1. The highest BCUT2D eigenvalue weighted by Crippen LogP contribution is 2.19. The summed E-state index contributed by atoms with van der Waals surface area (Å²) in [6.45, 7) is 8.77. The maximum Gasteiger partial charge on any atom is 0.191 e. The second-order valence-corrected chi connectivity index (χ2v) is 8.14. The number of aromatic nitrogens is 3. The average Bonchev–Trinajstić information content (AvgIpc) is 2.98. The van der Waals surface area contributed by atoms with Gasteiger partial charge in [-0.15, -0.1) is 10.2 Å². The molecule has 8 nitrogen and oxygen atoms in total. The molecule has 0 saturated heterocycles. The van der Waals surface area contributed by atoms with Crippen molar-refractivity contribution in [2.45, 2.75) is 71.6 Å². The van der Waals surface area contributed by atoms with Gasteiger partial charge in [-0.3, -0.25) is 4.99 Å². The molecule has 2 aromatic rings. The summed E-state index contributed by atoms with van der Waals surface area (Å²) in [5.41, 5.74) is 0.821. The Kier molecular flexibility index (Phi) is 8.70. The van der Waals surface area contributed by atoms with Crippen LogP contribution in [0.1, 0.15) is 63.3 Å². The van der Waals surface area contributed by atoms with Crippen LogP contribution >= 0.6 is 0 Å². The van der Waals surface area contributed by atoms with Crippen molar-refractivity contribution in [3.05, 3.63) is 41.5 Å². The SMILES string of the molecule is CCNC(=NCC(O)c1ccc(OC(C)C)cc1)NCCc1nnc2n1CCCCC2. The Bertz CT molecular complexity index is 831. The fraction of sp³-hybridized carbons (Fsp3) is 0.609. The van der Waals surface area contributed by atoms with Crippen molar-refractivity contribution in [1.82, 2.24) is 25.4 Å². The van der Waals surface area contributed by atoms with E-state index >= 15 is 0 Å². The number of aliphatic hydroxyl groups excluding tert-OH is 1. The van der Waals surface area contributed by atoms with Gasteiger partial charge in [-0.2, -0.15) is 0 Å². The van der Waals surface area contributed by atoms with Crippen molar-refractivity contribution in [2.75, 3.05) is 19.6 Å². The van der Waals surface area contributed by atoms with Crippen LogP contribution in [-0.4, -0.2) is 51.6 Å². The number of hydrogen-bond donors (Lipinski definition) is 3. The van der Waals surface area contributed by atoms with Crippen molar-refractivity contribution in [3.8, 4) is 5.75 Å². The summed E-state index contributed by atoms with van der Waals surface area (Å²) >= 11 is 0. The van der Waals surface area contributed by atoms with Gasteiger partial charge in [-0.05, 0) is 51.3 Å². The summed E-state index contributed by atoms with van der Waals surface area (Å²) in [6, 6.07) is 7.53. The molecule has 1 unspecified atom stereocenters. The van der Waals surface area contributed by atoms with Gasteiger partial charge in [0.25, 0.3) is 0 Å². The van der Waals surface area contributed by atoms with E-state index in [0.717, 1.165) is 48.9 Å². The molecule has 0 aliphatic carbocycles. The number of rotatable bonds is 9. The zero-order valence-electron chi connectivity index (χ0n) is 19.0. The number of ether oxygens (including phenoxy) is 1. The Labute approximate surface area is 185 Å². The van der Waals surface area contributed by atoms with Gasteiger partial charge in [0.1, 0.15) is 17.4 Å². The average molecular weight is 429 g/mol. The minimum absolute atomic E-state index is 0.127. The molecule has 1 aromatic carbocycles. The molecule has 3 N–H and O–H groups in total. The van der Waals surface area contributed by atoms with Gasteiger partial charge in [-0.25, -0.2) is 0 Å². The summed E-state index contributed by atoms with van der Waals surface area (Å²) < 4.78 is 7.93. The first kappa shape index (κ1) is 23.1. The van der Waals surface area contributed by atoms with Crippen molar-refractivity contribution >= 4 is 5.96 Å². The summed E-state index contributed by atoms with van der Waals surface area (Å²) in [5.74, 6) is 3.64. The smallest absolute Gasteiger partial charge is 0.191 e. The molecular weight excluding hydrogens is 392 g/mol. The Morgan fingerprint density at radius 2 is 1.97 bits per heavy atom. The highest BCUT2D eigenvalue weighted by Gasteiger charge is 2.14. The Hall–Kier alpha value is -2.61. The first-order chi connectivity index (χ1) is 15.1. The summed E-state index contributed by atoms with van der Waals surface area (Å²) in [7, 11) is 0. The fourth-order valence-corrected chi connectivity index (χ4v) is 3.69. The monoisotopic (exact) mass is 428 g/mol. The number of benzene rings is 1. The van der Waals surface area contributed by atoms with E-state index in [2.05, 4.69) is 30.4 Å². The van der Waals surface area contributed by atoms with Crippen molar-refractivity contribution in [3.63, 3.8) is 0 Å². The number of aryl methyl sites for hydroxylation is 1. The number of fused-ring (bicyclic) bond motifs is 1. The number of nitrogens with zero attached hydrogens (tertiary/aromatic N) is 4. The van der Waals surface area contributed by atoms with Crippen LogP contribution in [0.5, 0.6) is 5.75 Å². The Balaban J connectivity index is 1.52. The van der Waals surface area contributed by atoms with Crippen LogP contribution in [0.25, 0.3) is 0 Å². The van der Waals surface area contributed by atoms with Gasteiger partial charge in [0, 0.05) is 32.5 Å². The molecule has 0 spiro atoms. The van der Waals surface area contributed by atoms with E-state index in [1.165, 1.54) is 19.3 Å². The third-order valence-corrected chi connectivity index (χ3v) is 5.23. The lowest BCUT2D eigenvalue weighted by molar-refractivity contribution is 0.186.